The molecule has 1 unspecified atom stereocenters. The molecule has 0 bridgehead atoms. The Morgan fingerprint density at radius 3 is 3.00 bits per heavy atom. The molecule has 1 saturated heterocycles. The van der Waals surface area contributed by atoms with Crippen molar-refractivity contribution >= 4 is 5.91 Å². The highest BCUT2D eigenvalue weighted by Gasteiger charge is 2.28. The lowest BCUT2D eigenvalue weighted by molar-refractivity contribution is 0.0782. The summed E-state index contributed by atoms with van der Waals surface area (Å²) in [5.41, 5.74) is 1.20. The molecule has 0 aromatic carbocycles. The van der Waals surface area contributed by atoms with Crippen LogP contribution >= 0.6 is 0 Å². The molecule has 0 radical (unpaired) electrons. The Morgan fingerprint density at radius 1 is 1.55 bits per heavy atom. The molecule has 1 N–H and O–H groups in total. The molecule has 0 saturated carbocycles. The van der Waals surface area contributed by atoms with E-state index in [9.17, 15) is 4.79 Å². The van der Waals surface area contributed by atoms with Gasteiger partial charge in [0.1, 0.15) is 6.61 Å². The van der Waals surface area contributed by atoms with Crippen molar-refractivity contribution in [2.75, 3.05) is 33.8 Å². The van der Waals surface area contributed by atoms with Crippen molar-refractivity contribution in [2.45, 2.75) is 12.5 Å². The zero-order chi connectivity index (χ0) is 14.5. The van der Waals surface area contributed by atoms with Gasteiger partial charge < -0.3 is 14.9 Å². The minimum atomic E-state index is -0.200. The quantitative estimate of drug-likeness (QED) is 0.782. The van der Waals surface area contributed by atoms with Gasteiger partial charge in [-0.25, -0.2) is 0 Å². The van der Waals surface area contributed by atoms with Gasteiger partial charge in [0.25, 0.3) is 5.91 Å². The van der Waals surface area contributed by atoms with E-state index in [0.29, 0.717) is 17.2 Å². The van der Waals surface area contributed by atoms with E-state index in [4.69, 9.17) is 5.11 Å². The van der Waals surface area contributed by atoms with Crippen LogP contribution in [0.5, 0.6) is 0 Å². The Balaban J connectivity index is 2.10. The lowest BCUT2D eigenvalue weighted by atomic mass is 10.2. The number of nitrogens with zero attached hydrogens (tertiary/aromatic N) is 3. The van der Waals surface area contributed by atoms with Crippen molar-refractivity contribution in [1.82, 2.24) is 14.8 Å². The molecule has 1 aromatic rings. The number of hydrogen-bond donors (Lipinski definition) is 1. The normalized spacial score (nSPS) is 18.0. The first-order valence-corrected chi connectivity index (χ1v) is 6.62. The molecule has 1 aliphatic rings. The fraction of sp³-hybridized carbons (Fsp3) is 0.467. The van der Waals surface area contributed by atoms with Crippen molar-refractivity contribution in [3.05, 3.63) is 29.6 Å². The summed E-state index contributed by atoms with van der Waals surface area (Å²) in [6.45, 7) is 1.32. The maximum absolute atomic E-state index is 12.4. The van der Waals surface area contributed by atoms with Crippen LogP contribution in [-0.4, -0.2) is 65.6 Å². The third kappa shape index (κ3) is 3.35. The number of hydrogen-bond acceptors (Lipinski definition) is 4. The monoisotopic (exact) mass is 273 g/mol. The van der Waals surface area contributed by atoms with Gasteiger partial charge in [-0.2, -0.15) is 0 Å². The summed E-state index contributed by atoms with van der Waals surface area (Å²) < 4.78 is 0. The second kappa shape index (κ2) is 6.51. The molecule has 0 spiro atoms. The number of likely N-dealkylation sites (tertiary alicyclic amines) is 1. The predicted octanol–water partition coefficient (Wildman–Crippen LogP) is 0.202. The SMILES string of the molecule is CN(C)C1CCN(C(=O)c2cncc(C#CCO)c2)C1. The molecule has 20 heavy (non-hydrogen) atoms. The number of aliphatic hydroxyl groups is 1. The largest absolute Gasteiger partial charge is 0.384 e. The fourth-order valence-electron chi connectivity index (χ4n) is 2.30. The average Bonchev–Trinajstić information content (AvgIpc) is 2.94. The highest BCUT2D eigenvalue weighted by molar-refractivity contribution is 5.94. The van der Waals surface area contributed by atoms with Gasteiger partial charge in [-0.05, 0) is 26.6 Å². The maximum atomic E-state index is 12.4. The molecule has 1 aliphatic heterocycles. The summed E-state index contributed by atoms with van der Waals surface area (Å²) in [5, 5.41) is 8.69. The molecule has 2 rings (SSSR count). The summed E-state index contributed by atoms with van der Waals surface area (Å²) in [6.07, 6.45) is 4.15. The van der Waals surface area contributed by atoms with Crippen LogP contribution in [0, 0.1) is 11.8 Å². The molecule has 5 heteroatoms. The first kappa shape index (κ1) is 14.5. The van der Waals surface area contributed by atoms with Crippen molar-refractivity contribution in [3.8, 4) is 11.8 Å². The van der Waals surface area contributed by atoms with Crippen molar-refractivity contribution in [1.29, 1.82) is 0 Å². The molecule has 1 atom stereocenters. The van der Waals surface area contributed by atoms with E-state index in [2.05, 4.69) is 21.7 Å². The fourth-order valence-corrected chi connectivity index (χ4v) is 2.30. The smallest absolute Gasteiger partial charge is 0.255 e. The number of likely N-dealkylation sites (N-methyl/N-ethyl adjacent to an activating group) is 1. The number of carbonyl (C=O) groups is 1. The molecule has 1 amide bonds. The van der Waals surface area contributed by atoms with Crippen LogP contribution in [0.15, 0.2) is 18.5 Å². The number of aliphatic hydroxyl groups excluding tert-OH is 1. The van der Waals surface area contributed by atoms with E-state index in [1.807, 2.05) is 19.0 Å². The van der Waals surface area contributed by atoms with Gasteiger partial charge in [-0.1, -0.05) is 11.8 Å². The molecule has 2 heterocycles. The summed E-state index contributed by atoms with van der Waals surface area (Å²) in [7, 11) is 4.07. The van der Waals surface area contributed by atoms with E-state index < -0.39 is 0 Å². The number of carbonyl (C=O) groups excluding carboxylic acids is 1. The number of pyridine rings is 1. The van der Waals surface area contributed by atoms with Crippen LogP contribution in [-0.2, 0) is 0 Å². The van der Waals surface area contributed by atoms with Crippen molar-refractivity contribution in [2.24, 2.45) is 0 Å². The van der Waals surface area contributed by atoms with Gasteiger partial charge >= 0.3 is 0 Å². The van der Waals surface area contributed by atoms with Crippen LogP contribution in [0.3, 0.4) is 0 Å². The number of rotatable bonds is 2. The molecule has 106 valence electrons. The molecule has 1 aromatic heterocycles. The average molecular weight is 273 g/mol. The summed E-state index contributed by atoms with van der Waals surface area (Å²) in [6, 6.07) is 2.14. The standard InChI is InChI=1S/C15H19N3O2/c1-17(2)14-5-6-18(11-14)15(20)13-8-12(4-3-7-19)9-16-10-13/h8-10,14,19H,5-7,11H2,1-2H3. The van der Waals surface area contributed by atoms with Gasteiger partial charge in [0.15, 0.2) is 0 Å². The Labute approximate surface area is 119 Å². The van der Waals surface area contributed by atoms with Crippen LogP contribution in [0.4, 0.5) is 0 Å². The third-order valence-corrected chi connectivity index (χ3v) is 3.48. The summed E-state index contributed by atoms with van der Waals surface area (Å²) >= 11 is 0. The van der Waals surface area contributed by atoms with Gasteiger partial charge in [0.2, 0.25) is 0 Å². The van der Waals surface area contributed by atoms with Gasteiger partial charge in [-0.15, -0.1) is 0 Å². The van der Waals surface area contributed by atoms with Crippen LogP contribution in [0.2, 0.25) is 0 Å². The van der Waals surface area contributed by atoms with Gasteiger partial charge in [-0.3, -0.25) is 9.78 Å². The zero-order valence-corrected chi connectivity index (χ0v) is 11.8. The van der Waals surface area contributed by atoms with Crippen molar-refractivity contribution in [3.63, 3.8) is 0 Å². The number of amides is 1. The zero-order valence-electron chi connectivity index (χ0n) is 11.8. The maximum Gasteiger partial charge on any atom is 0.255 e. The minimum Gasteiger partial charge on any atom is -0.384 e. The molecule has 5 nitrogen and oxygen atoms in total. The Hall–Kier alpha value is -1.90. The van der Waals surface area contributed by atoms with Crippen LogP contribution in [0.1, 0.15) is 22.3 Å². The van der Waals surface area contributed by atoms with E-state index >= 15 is 0 Å². The van der Waals surface area contributed by atoms with E-state index in [1.54, 1.807) is 18.5 Å². The number of aromatic nitrogens is 1. The Morgan fingerprint density at radius 2 is 2.35 bits per heavy atom. The topological polar surface area (TPSA) is 56.7 Å². The molecular formula is C15H19N3O2. The summed E-state index contributed by atoms with van der Waals surface area (Å²) in [4.78, 5) is 20.5. The predicted molar refractivity (Wildman–Crippen MR) is 76.2 cm³/mol. The minimum absolute atomic E-state index is 0.00509. The van der Waals surface area contributed by atoms with Gasteiger partial charge in [0, 0.05) is 37.1 Å². The second-order valence-electron chi connectivity index (χ2n) is 5.08. The Kier molecular flexibility index (Phi) is 4.72. The highest BCUT2D eigenvalue weighted by Crippen LogP contribution is 2.16. The van der Waals surface area contributed by atoms with E-state index in [0.717, 1.165) is 19.5 Å². The first-order chi connectivity index (χ1) is 9.61. The van der Waals surface area contributed by atoms with Crippen LogP contribution in [0.25, 0.3) is 0 Å². The summed E-state index contributed by atoms with van der Waals surface area (Å²) in [5.74, 6) is 5.32. The van der Waals surface area contributed by atoms with E-state index in [-0.39, 0.29) is 12.5 Å². The third-order valence-electron chi connectivity index (χ3n) is 3.48. The van der Waals surface area contributed by atoms with Crippen LogP contribution < -0.4 is 0 Å². The second-order valence-corrected chi connectivity index (χ2v) is 5.08. The van der Waals surface area contributed by atoms with Gasteiger partial charge in [0.05, 0.1) is 5.56 Å². The molecule has 0 aliphatic carbocycles. The van der Waals surface area contributed by atoms with E-state index in [1.165, 1.54) is 0 Å². The highest BCUT2D eigenvalue weighted by atomic mass is 16.2. The molecular weight excluding hydrogens is 254 g/mol. The first-order valence-electron chi connectivity index (χ1n) is 6.62. The Bertz CT molecular complexity index is 546. The lowest BCUT2D eigenvalue weighted by Gasteiger charge is -2.20. The molecule has 1 fully saturated rings. The van der Waals surface area contributed by atoms with Crippen molar-refractivity contribution < 1.29 is 9.90 Å². The lowest BCUT2D eigenvalue weighted by Crippen LogP contribution is -2.34.